The van der Waals surface area contributed by atoms with Crippen LogP contribution in [0, 0.1) is 0 Å². The molecule has 4 N–H and O–H groups in total. The minimum atomic E-state index is -3.63. The number of carbonyl (C=O) groups is 1. The van der Waals surface area contributed by atoms with Gasteiger partial charge in [-0.1, -0.05) is 0 Å². The molecular formula is C22H22N6O3S. The Bertz CT molecular complexity index is 1440. The Kier molecular flexibility index (Phi) is 5.10. The standard InChI is InChI=1S/C22H22N6O3S/c23-32(30,31)10-9-24-22(29)13-5-6-19(25-11-13)21-15-4-2-1-3-14(15)20-16-12-26-28-17(16)7-8-18(20)27-21/h5-8,11-12H,1-4,9-10H2,(H,24,29)(H,26,28)(H2,23,30,31). The normalized spacial score (nSPS) is 13.9. The number of hydrogen-bond acceptors (Lipinski definition) is 6. The average Bonchev–Trinajstić information content (AvgIpc) is 3.26. The summed E-state index contributed by atoms with van der Waals surface area (Å²) in [6.45, 7) is -0.0539. The number of carbonyl (C=O) groups excluding carboxylic acids is 1. The molecule has 0 radical (unpaired) electrons. The second-order valence-corrected chi connectivity index (χ2v) is 9.70. The third-order valence-electron chi connectivity index (χ3n) is 5.83. The summed E-state index contributed by atoms with van der Waals surface area (Å²) in [5.74, 6) is -0.718. The van der Waals surface area contributed by atoms with Gasteiger partial charge in [0.05, 0.1) is 39.9 Å². The van der Waals surface area contributed by atoms with Gasteiger partial charge in [-0.2, -0.15) is 5.10 Å². The molecule has 0 unspecified atom stereocenters. The van der Waals surface area contributed by atoms with Crippen molar-refractivity contribution in [3.63, 3.8) is 0 Å². The van der Waals surface area contributed by atoms with Crippen molar-refractivity contribution < 1.29 is 13.2 Å². The van der Waals surface area contributed by atoms with E-state index < -0.39 is 15.9 Å². The first-order valence-electron chi connectivity index (χ1n) is 10.4. The predicted molar refractivity (Wildman–Crippen MR) is 122 cm³/mol. The first-order chi connectivity index (χ1) is 15.4. The van der Waals surface area contributed by atoms with Gasteiger partial charge >= 0.3 is 0 Å². The molecule has 0 atom stereocenters. The molecule has 0 fully saturated rings. The minimum absolute atomic E-state index is 0.0539. The molecular weight excluding hydrogens is 428 g/mol. The van der Waals surface area contributed by atoms with Crippen molar-refractivity contribution >= 4 is 37.7 Å². The summed E-state index contributed by atoms with van der Waals surface area (Å²) in [6, 6.07) is 7.45. The lowest BCUT2D eigenvalue weighted by Gasteiger charge is -2.21. The summed E-state index contributed by atoms with van der Waals surface area (Å²) in [5.41, 5.74) is 6.30. The van der Waals surface area contributed by atoms with Crippen LogP contribution in [0.3, 0.4) is 0 Å². The minimum Gasteiger partial charge on any atom is -0.351 e. The third kappa shape index (κ3) is 3.82. The molecule has 0 saturated carbocycles. The lowest BCUT2D eigenvalue weighted by Crippen LogP contribution is -2.31. The van der Waals surface area contributed by atoms with E-state index in [2.05, 4.69) is 20.5 Å². The number of rotatable bonds is 5. The van der Waals surface area contributed by atoms with Crippen LogP contribution in [0.2, 0.25) is 0 Å². The van der Waals surface area contributed by atoms with Crippen LogP contribution >= 0.6 is 0 Å². The molecule has 0 aliphatic heterocycles. The average molecular weight is 451 g/mol. The van der Waals surface area contributed by atoms with E-state index in [0.717, 1.165) is 53.2 Å². The molecule has 3 heterocycles. The number of nitrogens with one attached hydrogen (secondary N) is 2. The quantitative estimate of drug-likeness (QED) is 0.425. The van der Waals surface area contributed by atoms with Crippen LogP contribution in [0.4, 0.5) is 0 Å². The van der Waals surface area contributed by atoms with E-state index in [0.29, 0.717) is 11.3 Å². The molecule has 4 aromatic rings. The number of sulfonamides is 1. The maximum atomic E-state index is 12.3. The molecule has 3 aromatic heterocycles. The van der Waals surface area contributed by atoms with Gasteiger partial charge < -0.3 is 5.32 Å². The Labute approximate surface area is 184 Å². The number of pyridine rings is 2. The second kappa shape index (κ2) is 7.95. The smallest absolute Gasteiger partial charge is 0.252 e. The number of nitrogens with two attached hydrogens (primary N) is 1. The molecule has 10 heteroatoms. The summed E-state index contributed by atoms with van der Waals surface area (Å²) < 4.78 is 22.0. The summed E-state index contributed by atoms with van der Waals surface area (Å²) in [5, 5.41) is 17.0. The van der Waals surface area contributed by atoms with Crippen LogP contribution < -0.4 is 10.5 Å². The zero-order valence-corrected chi connectivity index (χ0v) is 18.1. The summed E-state index contributed by atoms with van der Waals surface area (Å²) in [7, 11) is -3.63. The van der Waals surface area contributed by atoms with Crippen molar-refractivity contribution in [3.05, 3.63) is 53.3 Å². The molecule has 1 amide bonds. The molecule has 1 aromatic carbocycles. The molecule has 5 rings (SSSR count). The van der Waals surface area contributed by atoms with Gasteiger partial charge in [0.2, 0.25) is 10.0 Å². The number of primary sulfonamides is 1. The molecule has 0 spiro atoms. The third-order valence-corrected chi connectivity index (χ3v) is 6.60. The van der Waals surface area contributed by atoms with E-state index in [1.807, 2.05) is 18.3 Å². The highest BCUT2D eigenvalue weighted by atomic mass is 32.2. The Morgan fingerprint density at radius 3 is 2.66 bits per heavy atom. The fraction of sp³-hybridized carbons (Fsp3) is 0.273. The largest absolute Gasteiger partial charge is 0.351 e. The topological polar surface area (TPSA) is 144 Å². The number of fused-ring (bicyclic) bond motifs is 5. The molecule has 32 heavy (non-hydrogen) atoms. The van der Waals surface area contributed by atoms with Crippen molar-refractivity contribution in [1.29, 1.82) is 0 Å². The molecule has 0 bridgehead atoms. The SMILES string of the molecule is NS(=O)(=O)CCNC(=O)c1ccc(-c2nc3ccc4[nH]ncc4c3c3c2CCCC3)nc1. The zero-order chi connectivity index (χ0) is 22.3. The van der Waals surface area contributed by atoms with Crippen LogP contribution in [0.1, 0.15) is 34.3 Å². The van der Waals surface area contributed by atoms with Gasteiger partial charge in [-0.3, -0.25) is 14.9 Å². The van der Waals surface area contributed by atoms with Gasteiger partial charge in [0.25, 0.3) is 5.91 Å². The maximum absolute atomic E-state index is 12.3. The molecule has 0 saturated heterocycles. The predicted octanol–water partition coefficient (Wildman–Crippen LogP) is 2.07. The van der Waals surface area contributed by atoms with E-state index in [4.69, 9.17) is 10.1 Å². The Balaban J connectivity index is 1.51. The maximum Gasteiger partial charge on any atom is 0.252 e. The van der Waals surface area contributed by atoms with Crippen LogP contribution in [-0.2, 0) is 22.9 Å². The van der Waals surface area contributed by atoms with Crippen LogP contribution in [0.15, 0.2) is 36.7 Å². The monoisotopic (exact) mass is 450 g/mol. The van der Waals surface area contributed by atoms with Gasteiger partial charge in [-0.05, 0) is 61.1 Å². The van der Waals surface area contributed by atoms with Gasteiger partial charge in [-0.15, -0.1) is 0 Å². The fourth-order valence-electron chi connectivity index (χ4n) is 4.34. The Morgan fingerprint density at radius 1 is 1.09 bits per heavy atom. The number of benzene rings is 1. The van der Waals surface area contributed by atoms with E-state index in [-0.39, 0.29) is 12.3 Å². The molecule has 164 valence electrons. The van der Waals surface area contributed by atoms with Crippen molar-refractivity contribution in [2.75, 3.05) is 12.3 Å². The molecule has 9 nitrogen and oxygen atoms in total. The van der Waals surface area contributed by atoms with Crippen LogP contribution in [0.5, 0.6) is 0 Å². The van der Waals surface area contributed by atoms with Crippen molar-refractivity contribution in [2.24, 2.45) is 5.14 Å². The lowest BCUT2D eigenvalue weighted by molar-refractivity contribution is 0.0956. The number of hydrogen-bond donors (Lipinski definition) is 3. The van der Waals surface area contributed by atoms with Crippen molar-refractivity contribution in [2.45, 2.75) is 25.7 Å². The molecule has 1 aliphatic carbocycles. The summed E-state index contributed by atoms with van der Waals surface area (Å²) in [4.78, 5) is 21.7. The lowest BCUT2D eigenvalue weighted by atomic mass is 9.86. The van der Waals surface area contributed by atoms with Gasteiger partial charge in [-0.25, -0.2) is 18.5 Å². The zero-order valence-electron chi connectivity index (χ0n) is 17.3. The van der Waals surface area contributed by atoms with E-state index in [9.17, 15) is 13.2 Å². The van der Waals surface area contributed by atoms with E-state index >= 15 is 0 Å². The Morgan fingerprint density at radius 2 is 1.91 bits per heavy atom. The highest BCUT2D eigenvalue weighted by molar-refractivity contribution is 7.89. The number of H-pyrrole nitrogens is 1. The van der Waals surface area contributed by atoms with Gasteiger partial charge in [0.15, 0.2) is 0 Å². The highest BCUT2D eigenvalue weighted by Gasteiger charge is 2.22. The highest BCUT2D eigenvalue weighted by Crippen LogP contribution is 2.37. The summed E-state index contributed by atoms with van der Waals surface area (Å²) >= 11 is 0. The number of aromatic nitrogens is 4. The summed E-state index contributed by atoms with van der Waals surface area (Å²) in [6.07, 6.45) is 7.48. The second-order valence-electron chi connectivity index (χ2n) is 7.97. The Hall–Kier alpha value is -3.37. The van der Waals surface area contributed by atoms with Gasteiger partial charge in [0, 0.05) is 23.5 Å². The first kappa shape index (κ1) is 20.5. The van der Waals surface area contributed by atoms with Crippen molar-refractivity contribution in [3.8, 4) is 11.4 Å². The van der Waals surface area contributed by atoms with Gasteiger partial charge in [0.1, 0.15) is 0 Å². The first-order valence-corrected chi connectivity index (χ1v) is 12.1. The number of aryl methyl sites for hydroxylation is 1. The van der Waals surface area contributed by atoms with Crippen LogP contribution in [-0.4, -0.2) is 46.8 Å². The van der Waals surface area contributed by atoms with E-state index in [1.165, 1.54) is 17.3 Å². The van der Waals surface area contributed by atoms with Crippen molar-refractivity contribution in [1.82, 2.24) is 25.5 Å². The number of aromatic amines is 1. The molecule has 1 aliphatic rings. The van der Waals surface area contributed by atoms with Crippen LogP contribution in [0.25, 0.3) is 33.2 Å². The number of amides is 1. The van der Waals surface area contributed by atoms with E-state index in [1.54, 1.807) is 12.1 Å². The fourth-order valence-corrected chi connectivity index (χ4v) is 4.72. The number of nitrogens with zero attached hydrogens (tertiary/aromatic N) is 3.